The normalized spacial score (nSPS) is 39.9. The molecule has 0 spiro atoms. The maximum atomic E-state index is 14.3. The summed E-state index contributed by atoms with van der Waals surface area (Å²) in [6.45, 7) is 1.25. The van der Waals surface area contributed by atoms with Crippen LogP contribution >= 0.6 is 0 Å². The van der Waals surface area contributed by atoms with Crippen LogP contribution in [0.3, 0.4) is 0 Å². The van der Waals surface area contributed by atoms with Gasteiger partial charge >= 0.3 is 0 Å². The predicted molar refractivity (Wildman–Crippen MR) is 85.9 cm³/mol. The van der Waals surface area contributed by atoms with Gasteiger partial charge in [0.1, 0.15) is 5.41 Å². The third-order valence-corrected chi connectivity index (χ3v) is 6.76. The number of amides is 2. The van der Waals surface area contributed by atoms with Gasteiger partial charge in [0.05, 0.1) is 6.10 Å². The van der Waals surface area contributed by atoms with E-state index in [9.17, 15) is 18.4 Å². The van der Waals surface area contributed by atoms with Gasteiger partial charge in [-0.05, 0) is 50.4 Å². The Morgan fingerprint density at radius 2 is 1.80 bits per heavy atom. The lowest BCUT2D eigenvalue weighted by molar-refractivity contribution is -0.144. The van der Waals surface area contributed by atoms with Gasteiger partial charge < -0.3 is 15.4 Å². The van der Waals surface area contributed by atoms with Crippen molar-refractivity contribution in [1.82, 2.24) is 10.6 Å². The smallest absolute Gasteiger partial charge is 0.265 e. The van der Waals surface area contributed by atoms with Crippen molar-refractivity contribution in [2.75, 3.05) is 19.7 Å². The van der Waals surface area contributed by atoms with Gasteiger partial charge in [-0.3, -0.25) is 9.59 Å². The molecular weight excluding hydrogens is 330 g/mol. The zero-order valence-corrected chi connectivity index (χ0v) is 14.4. The number of halogens is 2. The predicted octanol–water partition coefficient (Wildman–Crippen LogP) is 1.86. The molecule has 7 heteroatoms. The first-order chi connectivity index (χ1) is 12.0. The Morgan fingerprint density at radius 1 is 1.08 bits per heavy atom. The third kappa shape index (κ3) is 2.57. The molecule has 0 radical (unpaired) electrons. The highest BCUT2D eigenvalue weighted by atomic mass is 19.3. The molecule has 1 aliphatic heterocycles. The van der Waals surface area contributed by atoms with Crippen molar-refractivity contribution in [2.24, 2.45) is 23.2 Å². The number of ether oxygens (including phenoxy) is 1. The van der Waals surface area contributed by atoms with Crippen LogP contribution in [0.15, 0.2) is 0 Å². The van der Waals surface area contributed by atoms with Gasteiger partial charge in [-0.1, -0.05) is 0 Å². The summed E-state index contributed by atoms with van der Waals surface area (Å²) >= 11 is 0. The lowest BCUT2D eigenvalue weighted by Crippen LogP contribution is -2.45. The second-order valence-electron chi connectivity index (χ2n) is 8.01. The highest BCUT2D eigenvalue weighted by molar-refractivity contribution is 5.89. The van der Waals surface area contributed by atoms with E-state index in [4.69, 9.17) is 4.74 Å². The molecule has 4 saturated carbocycles. The van der Waals surface area contributed by atoms with Crippen LogP contribution in [0.4, 0.5) is 8.78 Å². The molecule has 0 aromatic rings. The first kappa shape index (κ1) is 17.2. The van der Waals surface area contributed by atoms with Crippen LogP contribution in [-0.4, -0.2) is 43.5 Å². The third-order valence-electron chi connectivity index (χ3n) is 6.76. The van der Waals surface area contributed by atoms with E-state index in [1.165, 1.54) is 0 Å². The fourth-order valence-corrected chi connectivity index (χ4v) is 5.50. The molecule has 3 unspecified atom stereocenters. The van der Waals surface area contributed by atoms with Crippen molar-refractivity contribution < 1.29 is 23.1 Å². The number of alkyl halides is 2. The Bertz CT molecular complexity index is 551. The lowest BCUT2D eigenvalue weighted by Gasteiger charge is -2.23. The molecule has 4 bridgehead atoms. The number of carbonyl (C=O) groups is 2. The molecule has 0 aromatic heterocycles. The van der Waals surface area contributed by atoms with Crippen LogP contribution < -0.4 is 10.6 Å². The molecule has 1 saturated heterocycles. The van der Waals surface area contributed by atoms with Crippen LogP contribution in [-0.2, 0) is 14.3 Å². The average Bonchev–Trinajstić information content (AvgIpc) is 2.85. The fourth-order valence-electron chi connectivity index (χ4n) is 5.50. The van der Waals surface area contributed by atoms with Gasteiger partial charge in [0, 0.05) is 32.0 Å². The zero-order valence-electron chi connectivity index (χ0n) is 14.4. The summed E-state index contributed by atoms with van der Waals surface area (Å²) in [4.78, 5) is 24.1. The van der Waals surface area contributed by atoms with Crippen molar-refractivity contribution in [2.45, 2.75) is 57.0 Å². The van der Waals surface area contributed by atoms with Crippen LogP contribution in [0, 0.1) is 23.2 Å². The van der Waals surface area contributed by atoms with Crippen molar-refractivity contribution in [1.29, 1.82) is 0 Å². The Balaban J connectivity index is 1.14. The molecule has 5 rings (SSSR count). The monoisotopic (exact) mass is 356 g/mol. The molecule has 4 aliphatic carbocycles. The highest BCUT2D eigenvalue weighted by Gasteiger charge is 2.91. The Kier molecular flexibility index (Phi) is 4.25. The van der Waals surface area contributed by atoms with Crippen molar-refractivity contribution in [3.05, 3.63) is 0 Å². The fraction of sp³-hybridized carbons (Fsp3) is 0.889. The van der Waals surface area contributed by atoms with Gasteiger partial charge in [0.15, 0.2) is 0 Å². The standard InChI is InChI=1S/C18H26F2N2O3/c19-18(20)11-9-13-14(10-11)17(13,18)16(24)22-7-6-21-15(23)5-4-12-3-1-2-8-25-12/h11-14H,1-10H2,(H,21,23)(H,22,24). The SMILES string of the molecule is O=C(CCC1CCCCO1)NCCNC(=O)C12C3CC(CC31)C2(F)F. The number of nitrogens with one attached hydrogen (secondary N) is 2. The van der Waals surface area contributed by atoms with E-state index in [-0.39, 0.29) is 36.9 Å². The molecule has 25 heavy (non-hydrogen) atoms. The minimum atomic E-state index is -2.85. The largest absolute Gasteiger partial charge is 0.378 e. The molecule has 5 fully saturated rings. The summed E-state index contributed by atoms with van der Waals surface area (Å²) in [6, 6.07) is 0. The summed E-state index contributed by atoms with van der Waals surface area (Å²) in [5, 5.41) is 5.36. The first-order valence-electron chi connectivity index (χ1n) is 9.52. The zero-order chi connectivity index (χ0) is 17.7. The van der Waals surface area contributed by atoms with E-state index in [2.05, 4.69) is 10.6 Å². The van der Waals surface area contributed by atoms with Crippen molar-refractivity contribution >= 4 is 11.8 Å². The van der Waals surface area contributed by atoms with Gasteiger partial charge in [-0.15, -0.1) is 0 Å². The Hall–Kier alpha value is -1.24. The highest BCUT2D eigenvalue weighted by Crippen LogP contribution is 2.84. The van der Waals surface area contributed by atoms with Gasteiger partial charge in [0.2, 0.25) is 11.8 Å². The minimum absolute atomic E-state index is 0.0839. The van der Waals surface area contributed by atoms with Gasteiger partial charge in [0.25, 0.3) is 5.92 Å². The van der Waals surface area contributed by atoms with Crippen LogP contribution in [0.2, 0.25) is 0 Å². The number of carbonyl (C=O) groups excluding carboxylic acids is 2. The minimum Gasteiger partial charge on any atom is -0.378 e. The summed E-state index contributed by atoms with van der Waals surface area (Å²) in [5.41, 5.74) is -1.43. The summed E-state index contributed by atoms with van der Waals surface area (Å²) in [7, 11) is 0. The summed E-state index contributed by atoms with van der Waals surface area (Å²) in [5.74, 6) is -4.31. The number of hydrogen-bond donors (Lipinski definition) is 2. The van der Waals surface area contributed by atoms with E-state index in [1.54, 1.807) is 0 Å². The average molecular weight is 356 g/mol. The summed E-state index contributed by atoms with van der Waals surface area (Å²) < 4.78 is 34.2. The molecule has 2 amide bonds. The molecule has 5 aliphatic rings. The molecule has 0 aromatic carbocycles. The van der Waals surface area contributed by atoms with Crippen molar-refractivity contribution in [3.8, 4) is 0 Å². The van der Waals surface area contributed by atoms with Crippen molar-refractivity contribution in [3.63, 3.8) is 0 Å². The molecular formula is C18H26F2N2O3. The van der Waals surface area contributed by atoms with Crippen LogP contribution in [0.25, 0.3) is 0 Å². The maximum Gasteiger partial charge on any atom is 0.265 e. The molecule has 5 nitrogen and oxygen atoms in total. The van der Waals surface area contributed by atoms with Gasteiger partial charge in [-0.25, -0.2) is 8.78 Å². The van der Waals surface area contributed by atoms with E-state index in [1.807, 2.05) is 0 Å². The molecule has 3 atom stereocenters. The first-order valence-corrected chi connectivity index (χ1v) is 9.52. The van der Waals surface area contributed by atoms with Crippen LogP contribution in [0.5, 0.6) is 0 Å². The summed E-state index contributed by atoms with van der Waals surface area (Å²) in [6.07, 6.45) is 5.49. The topological polar surface area (TPSA) is 67.4 Å². The van der Waals surface area contributed by atoms with E-state index >= 15 is 0 Å². The van der Waals surface area contributed by atoms with Crippen LogP contribution in [0.1, 0.15) is 44.9 Å². The number of hydrogen-bond acceptors (Lipinski definition) is 3. The second kappa shape index (κ2) is 6.18. The number of rotatable bonds is 7. The quantitative estimate of drug-likeness (QED) is 0.684. The molecule has 1 heterocycles. The van der Waals surface area contributed by atoms with E-state index in [0.29, 0.717) is 25.7 Å². The maximum absolute atomic E-state index is 14.3. The Labute approximate surface area is 146 Å². The second-order valence-corrected chi connectivity index (χ2v) is 8.01. The van der Waals surface area contributed by atoms with E-state index in [0.717, 1.165) is 25.9 Å². The molecule has 2 N–H and O–H groups in total. The lowest BCUT2D eigenvalue weighted by atomic mass is 9.98. The molecule has 140 valence electrons. The Morgan fingerprint density at radius 3 is 2.40 bits per heavy atom. The van der Waals surface area contributed by atoms with Gasteiger partial charge in [-0.2, -0.15) is 0 Å². The van der Waals surface area contributed by atoms with E-state index < -0.39 is 23.2 Å².